The van der Waals surface area contributed by atoms with E-state index < -0.39 is 21.2 Å². The molecule has 1 aromatic rings. The van der Waals surface area contributed by atoms with E-state index in [-0.39, 0.29) is 5.82 Å². The molecule has 3 heteroatoms. The largest absolute Gasteiger partial charge is 0.449 e. The third-order valence-electron chi connectivity index (χ3n) is 0.955. The standard InChI is InChI=1S/C7H4FIN/c8-6-1-3-7(4-2-6)9-5-10/h1-4H/q+1. The van der Waals surface area contributed by atoms with Crippen LogP contribution in [0, 0.1) is 18.7 Å². The molecule has 0 N–H and O–H groups in total. The zero-order valence-corrected chi connectivity index (χ0v) is 7.17. The van der Waals surface area contributed by atoms with Crippen LogP contribution >= 0.6 is 0 Å². The molecule has 0 aliphatic rings. The highest BCUT2D eigenvalue weighted by atomic mass is 127. The number of hydrogen-bond acceptors (Lipinski definition) is 1. The zero-order chi connectivity index (χ0) is 7.40. The molecule has 0 radical (unpaired) electrons. The maximum Gasteiger partial charge on any atom is 0.449 e. The van der Waals surface area contributed by atoms with Crippen molar-refractivity contribution in [2.45, 2.75) is 0 Å². The SMILES string of the molecule is N#C[I+]c1ccc(F)cc1. The molecule has 0 bridgehead atoms. The molecule has 10 heavy (non-hydrogen) atoms. The quantitative estimate of drug-likeness (QED) is 0.559. The van der Waals surface area contributed by atoms with Crippen LogP contribution in [0.1, 0.15) is 0 Å². The molecule has 0 fully saturated rings. The lowest BCUT2D eigenvalue weighted by Gasteiger charge is -1.80. The summed E-state index contributed by atoms with van der Waals surface area (Å²) in [5, 5.41) is 8.29. The van der Waals surface area contributed by atoms with Crippen molar-refractivity contribution in [2.75, 3.05) is 0 Å². The Balaban J connectivity index is 2.81. The number of nitriles is 1. The number of hydrogen-bond donors (Lipinski definition) is 0. The molecule has 1 aromatic carbocycles. The molecule has 0 spiro atoms. The van der Waals surface area contributed by atoms with E-state index in [2.05, 4.69) is 4.08 Å². The molecule has 0 atom stereocenters. The summed E-state index contributed by atoms with van der Waals surface area (Å²) >= 11 is -0.544. The first-order valence-electron chi connectivity index (χ1n) is 2.61. The van der Waals surface area contributed by atoms with Crippen LogP contribution in [0.4, 0.5) is 4.39 Å². The van der Waals surface area contributed by atoms with Crippen molar-refractivity contribution in [2.24, 2.45) is 0 Å². The van der Waals surface area contributed by atoms with Crippen LogP contribution in [0.5, 0.6) is 0 Å². The van der Waals surface area contributed by atoms with E-state index in [9.17, 15) is 4.39 Å². The Bertz CT molecular complexity index is 249. The van der Waals surface area contributed by atoms with Crippen molar-refractivity contribution in [1.82, 2.24) is 0 Å². The van der Waals surface area contributed by atoms with Gasteiger partial charge in [0, 0.05) is 0 Å². The maximum absolute atomic E-state index is 12.3. The van der Waals surface area contributed by atoms with Gasteiger partial charge in [0.1, 0.15) is 5.82 Å². The van der Waals surface area contributed by atoms with Gasteiger partial charge in [-0.3, -0.25) is 0 Å². The molecular formula is C7H4FIN+. The Labute approximate surface area is 68.7 Å². The minimum Gasteiger partial charge on any atom is -0.207 e. The molecule has 0 saturated heterocycles. The second kappa shape index (κ2) is 3.52. The van der Waals surface area contributed by atoms with Crippen molar-refractivity contribution in [3.63, 3.8) is 0 Å². The summed E-state index contributed by atoms with van der Waals surface area (Å²) in [4.78, 5) is 0. The van der Waals surface area contributed by atoms with Crippen LogP contribution in [-0.4, -0.2) is 0 Å². The molecule has 0 unspecified atom stereocenters. The van der Waals surface area contributed by atoms with Gasteiger partial charge in [0.15, 0.2) is 0 Å². The van der Waals surface area contributed by atoms with Gasteiger partial charge in [-0.15, -0.1) is 5.26 Å². The lowest BCUT2D eigenvalue weighted by Crippen LogP contribution is -3.59. The van der Waals surface area contributed by atoms with Crippen LogP contribution in [0.25, 0.3) is 0 Å². The van der Waals surface area contributed by atoms with Crippen LogP contribution in [0.3, 0.4) is 0 Å². The third kappa shape index (κ3) is 1.95. The van der Waals surface area contributed by atoms with Crippen molar-refractivity contribution in [1.29, 1.82) is 5.26 Å². The summed E-state index contributed by atoms with van der Waals surface area (Å²) in [6, 6.07) is 6.08. The molecule has 0 aliphatic heterocycles. The fourth-order valence-corrected chi connectivity index (χ4v) is 1.54. The van der Waals surface area contributed by atoms with Crippen LogP contribution in [-0.2, 0) is 0 Å². The monoisotopic (exact) mass is 248 g/mol. The highest BCUT2D eigenvalue weighted by Crippen LogP contribution is 1.92. The molecule has 1 rings (SSSR count). The van der Waals surface area contributed by atoms with Crippen LogP contribution < -0.4 is 21.2 Å². The average Bonchev–Trinajstić information content (AvgIpc) is 1.95. The summed E-state index contributed by atoms with van der Waals surface area (Å²) in [6.07, 6.45) is 0. The maximum atomic E-state index is 12.3. The number of halogens is 2. The Morgan fingerprint density at radius 2 is 1.90 bits per heavy atom. The number of nitrogens with zero attached hydrogens (tertiary/aromatic N) is 1. The molecule has 50 valence electrons. The molecule has 0 aliphatic carbocycles. The van der Waals surface area contributed by atoms with E-state index in [4.69, 9.17) is 5.26 Å². The van der Waals surface area contributed by atoms with E-state index in [0.717, 1.165) is 3.57 Å². The van der Waals surface area contributed by atoms with Gasteiger partial charge < -0.3 is 0 Å². The summed E-state index contributed by atoms with van der Waals surface area (Å²) in [7, 11) is 0. The molecule has 0 saturated carbocycles. The van der Waals surface area contributed by atoms with Crippen molar-refractivity contribution in [3.8, 4) is 4.08 Å². The van der Waals surface area contributed by atoms with Crippen LogP contribution in [0.2, 0.25) is 0 Å². The predicted octanol–water partition coefficient (Wildman–Crippen LogP) is -1.43. The topological polar surface area (TPSA) is 23.8 Å². The van der Waals surface area contributed by atoms with Gasteiger partial charge in [-0.25, -0.2) is 4.39 Å². The van der Waals surface area contributed by atoms with Gasteiger partial charge in [0.2, 0.25) is 3.57 Å². The highest BCUT2D eigenvalue weighted by molar-refractivity contribution is 5.02. The fourth-order valence-electron chi connectivity index (χ4n) is 0.541. The number of benzene rings is 1. The van der Waals surface area contributed by atoms with Crippen molar-refractivity contribution in [3.05, 3.63) is 33.7 Å². The smallest absolute Gasteiger partial charge is 0.207 e. The van der Waals surface area contributed by atoms with Crippen molar-refractivity contribution < 1.29 is 25.6 Å². The van der Waals surface area contributed by atoms with Gasteiger partial charge in [-0.2, -0.15) is 0 Å². The Hall–Kier alpha value is -0.630. The first-order valence-corrected chi connectivity index (χ1v) is 4.77. The first-order chi connectivity index (χ1) is 4.83. The lowest BCUT2D eigenvalue weighted by atomic mass is 10.4. The van der Waals surface area contributed by atoms with Gasteiger partial charge in [0.25, 0.3) is 0 Å². The van der Waals surface area contributed by atoms with Gasteiger partial charge >= 0.3 is 25.3 Å². The van der Waals surface area contributed by atoms with Gasteiger partial charge in [0.05, 0.1) is 0 Å². The normalized spacial score (nSPS) is 8.80. The summed E-state index contributed by atoms with van der Waals surface area (Å²) < 4.78 is 15.3. The summed E-state index contributed by atoms with van der Waals surface area (Å²) in [6.45, 7) is 0. The Morgan fingerprint density at radius 1 is 1.30 bits per heavy atom. The average molecular weight is 248 g/mol. The molecule has 0 heterocycles. The summed E-state index contributed by atoms with van der Waals surface area (Å²) in [5.41, 5.74) is 0. The Morgan fingerprint density at radius 3 is 2.40 bits per heavy atom. The second-order valence-corrected chi connectivity index (χ2v) is 3.88. The van der Waals surface area contributed by atoms with E-state index in [0.29, 0.717) is 0 Å². The van der Waals surface area contributed by atoms with Gasteiger partial charge in [-0.1, -0.05) is 0 Å². The molecule has 0 amide bonds. The Kier molecular flexibility index (Phi) is 2.63. The first kappa shape index (κ1) is 7.48. The molecule has 0 aromatic heterocycles. The predicted molar refractivity (Wildman–Crippen MR) is 30.7 cm³/mol. The van der Waals surface area contributed by atoms with E-state index in [1.165, 1.54) is 12.1 Å². The minimum absolute atomic E-state index is 0.245. The molecule has 1 nitrogen and oxygen atoms in total. The van der Waals surface area contributed by atoms with Crippen molar-refractivity contribution >= 4 is 0 Å². The summed E-state index contributed by atoms with van der Waals surface area (Å²) in [5.74, 6) is -0.245. The molecular weight excluding hydrogens is 244 g/mol. The fraction of sp³-hybridized carbons (Fsp3) is 0. The van der Waals surface area contributed by atoms with E-state index in [1.54, 1.807) is 12.1 Å². The third-order valence-corrected chi connectivity index (χ3v) is 2.54. The zero-order valence-electron chi connectivity index (χ0n) is 5.01. The van der Waals surface area contributed by atoms with Gasteiger partial charge in [-0.05, 0) is 24.3 Å². The van der Waals surface area contributed by atoms with E-state index in [1.807, 2.05) is 0 Å². The number of rotatable bonds is 1. The second-order valence-electron chi connectivity index (χ2n) is 1.62. The van der Waals surface area contributed by atoms with Crippen LogP contribution in [0.15, 0.2) is 24.3 Å². The van der Waals surface area contributed by atoms with E-state index >= 15 is 0 Å². The minimum atomic E-state index is -0.544. The lowest BCUT2D eigenvalue weighted by molar-refractivity contribution is -0.538. The highest BCUT2D eigenvalue weighted by Gasteiger charge is 2.08.